The Morgan fingerprint density at radius 2 is 1.95 bits per heavy atom. The lowest BCUT2D eigenvalue weighted by Crippen LogP contribution is -2.32. The van der Waals surface area contributed by atoms with Crippen molar-refractivity contribution in [3.8, 4) is 17.3 Å². The highest BCUT2D eigenvalue weighted by atomic mass is 35.5. The number of nitrogen functional groups attached to an aromatic ring is 1. The number of phenols is 1. The monoisotopic (exact) mass is 516 g/mol. The smallest absolute Gasteiger partial charge is 0.240 e. The van der Waals surface area contributed by atoms with E-state index in [4.69, 9.17) is 22.3 Å². The van der Waals surface area contributed by atoms with Gasteiger partial charge in [0.15, 0.2) is 11.5 Å². The second-order valence-electron chi connectivity index (χ2n) is 8.81. The van der Waals surface area contributed by atoms with Gasteiger partial charge in [0.2, 0.25) is 5.91 Å². The second-order valence-corrected chi connectivity index (χ2v) is 9.21. The summed E-state index contributed by atoms with van der Waals surface area (Å²) in [5, 5.41) is 17.3. The molecule has 0 saturated carbocycles. The first-order valence-corrected chi connectivity index (χ1v) is 11.5. The summed E-state index contributed by atoms with van der Waals surface area (Å²) in [4.78, 5) is 31.2. The predicted octanol–water partition coefficient (Wildman–Crippen LogP) is 3.51. The number of phenolic OH excluding ortho intramolecular Hbond substituents is 1. The summed E-state index contributed by atoms with van der Waals surface area (Å²) in [5.41, 5.74) is 8.31. The Morgan fingerprint density at radius 1 is 1.16 bits per heavy atom. The molecule has 0 fully saturated rings. The molecule has 6 rings (SSSR count). The molecule has 184 valence electrons. The molecule has 37 heavy (non-hydrogen) atoms. The normalized spacial score (nSPS) is 16.7. The third kappa shape index (κ3) is 3.62. The fraction of sp³-hybridized carbons (Fsp3) is 0.120. The van der Waals surface area contributed by atoms with Crippen molar-refractivity contribution in [1.29, 1.82) is 0 Å². The number of halogens is 2. The average molecular weight is 517 g/mol. The van der Waals surface area contributed by atoms with Crippen molar-refractivity contribution >= 4 is 34.8 Å². The Bertz CT molecular complexity index is 1720. The van der Waals surface area contributed by atoms with Crippen LogP contribution in [0.3, 0.4) is 0 Å². The fourth-order valence-corrected chi connectivity index (χ4v) is 4.65. The quantitative estimate of drug-likeness (QED) is 0.329. The summed E-state index contributed by atoms with van der Waals surface area (Å²) in [6.45, 7) is 1.68. The number of aromatic hydroxyl groups is 1. The number of rotatable bonds is 4. The van der Waals surface area contributed by atoms with Crippen molar-refractivity contribution in [2.75, 3.05) is 11.1 Å². The van der Waals surface area contributed by atoms with Crippen LogP contribution in [-0.4, -0.2) is 40.6 Å². The highest BCUT2D eigenvalue weighted by Gasteiger charge is 2.47. The first-order chi connectivity index (χ1) is 17.7. The lowest BCUT2D eigenvalue weighted by atomic mass is 9.77. The SMILES string of the molecule is C[C@]1(c2ccc(Cl)c(O)c2)C(=O)Nc2nc(-c3cn4ncnc4c(Cc4ccc(F)cc4)n3)nc(N)c21. The minimum atomic E-state index is -1.25. The van der Waals surface area contributed by atoms with E-state index in [-0.39, 0.29) is 40.0 Å². The van der Waals surface area contributed by atoms with Gasteiger partial charge in [-0.15, -0.1) is 0 Å². The third-order valence-corrected chi connectivity index (χ3v) is 6.81. The number of anilines is 2. The van der Waals surface area contributed by atoms with E-state index < -0.39 is 5.41 Å². The molecule has 1 aliphatic heterocycles. The van der Waals surface area contributed by atoms with E-state index in [9.17, 15) is 14.3 Å². The van der Waals surface area contributed by atoms with Crippen LogP contribution in [0.5, 0.6) is 5.75 Å². The molecule has 3 aromatic heterocycles. The van der Waals surface area contributed by atoms with Crippen molar-refractivity contribution in [3.05, 3.63) is 88.2 Å². The van der Waals surface area contributed by atoms with Crippen molar-refractivity contribution in [2.45, 2.75) is 18.8 Å². The van der Waals surface area contributed by atoms with E-state index >= 15 is 0 Å². The Hall–Kier alpha value is -4.64. The van der Waals surface area contributed by atoms with Crippen molar-refractivity contribution in [1.82, 2.24) is 29.5 Å². The molecule has 1 aliphatic rings. The molecule has 0 saturated heterocycles. The van der Waals surface area contributed by atoms with Crippen LogP contribution in [0.25, 0.3) is 17.2 Å². The summed E-state index contributed by atoms with van der Waals surface area (Å²) >= 11 is 5.96. The van der Waals surface area contributed by atoms with Crippen molar-refractivity contribution in [3.63, 3.8) is 0 Å². The topological polar surface area (TPSA) is 144 Å². The van der Waals surface area contributed by atoms with Crippen molar-refractivity contribution in [2.24, 2.45) is 0 Å². The summed E-state index contributed by atoms with van der Waals surface area (Å²) in [6, 6.07) is 10.7. The molecule has 1 amide bonds. The predicted molar refractivity (Wildman–Crippen MR) is 134 cm³/mol. The molecule has 4 heterocycles. The molecule has 0 aliphatic carbocycles. The molecule has 0 bridgehead atoms. The standard InChI is InChI=1S/C25H18ClFN8O2/c1-25(13-4-7-15(26)18(36)9-13)19-20(28)32-21(33-22(19)34-24(25)37)17-10-35-23(29-11-30-35)16(31-17)8-12-2-5-14(27)6-3-12/h2-7,9-11,36H,8H2,1H3,(H3,28,32,33,34,37)/t25-/m1/s1. The molecular formula is C25H18ClFN8O2. The number of benzene rings is 2. The number of hydrogen-bond donors (Lipinski definition) is 3. The average Bonchev–Trinajstić information content (AvgIpc) is 3.45. The van der Waals surface area contributed by atoms with Crippen LogP contribution in [0.15, 0.2) is 55.0 Å². The zero-order chi connectivity index (χ0) is 25.9. The molecular weight excluding hydrogens is 499 g/mol. The van der Waals surface area contributed by atoms with E-state index in [1.54, 1.807) is 35.8 Å². The first-order valence-electron chi connectivity index (χ1n) is 11.2. The van der Waals surface area contributed by atoms with Gasteiger partial charge in [0.05, 0.1) is 22.5 Å². The van der Waals surface area contributed by atoms with E-state index in [1.165, 1.54) is 30.6 Å². The van der Waals surface area contributed by atoms with E-state index in [0.29, 0.717) is 34.6 Å². The Balaban J connectivity index is 1.45. The molecule has 5 aromatic rings. The second kappa shape index (κ2) is 8.20. The number of amides is 1. The van der Waals surface area contributed by atoms with Crippen LogP contribution >= 0.6 is 11.6 Å². The summed E-state index contributed by atoms with van der Waals surface area (Å²) in [7, 11) is 0. The van der Waals surface area contributed by atoms with E-state index in [1.807, 2.05) is 0 Å². The van der Waals surface area contributed by atoms with Gasteiger partial charge in [-0.25, -0.2) is 28.8 Å². The van der Waals surface area contributed by atoms with Crippen LogP contribution in [0.1, 0.15) is 29.3 Å². The summed E-state index contributed by atoms with van der Waals surface area (Å²) in [6.07, 6.45) is 3.39. The molecule has 0 radical (unpaired) electrons. The molecule has 4 N–H and O–H groups in total. The van der Waals surface area contributed by atoms with Gasteiger partial charge in [-0.3, -0.25) is 4.79 Å². The zero-order valence-electron chi connectivity index (χ0n) is 19.3. The third-order valence-electron chi connectivity index (χ3n) is 6.49. The Kier molecular flexibility index (Phi) is 5.06. The Morgan fingerprint density at radius 3 is 2.70 bits per heavy atom. The van der Waals surface area contributed by atoms with Crippen LogP contribution in [0.4, 0.5) is 16.0 Å². The number of nitrogens with zero attached hydrogens (tertiary/aromatic N) is 6. The van der Waals surface area contributed by atoms with Crippen LogP contribution in [0.2, 0.25) is 5.02 Å². The Labute approximate surface area is 214 Å². The lowest BCUT2D eigenvalue weighted by molar-refractivity contribution is -0.119. The zero-order valence-corrected chi connectivity index (χ0v) is 20.0. The summed E-state index contributed by atoms with van der Waals surface area (Å²) < 4.78 is 14.9. The highest BCUT2D eigenvalue weighted by Crippen LogP contribution is 2.46. The first kappa shape index (κ1) is 22.8. The van der Waals surface area contributed by atoms with Gasteiger partial charge in [0.1, 0.15) is 40.6 Å². The molecule has 0 spiro atoms. The molecule has 2 aromatic carbocycles. The fourth-order valence-electron chi connectivity index (χ4n) is 4.53. The number of nitrogens with two attached hydrogens (primary N) is 1. The molecule has 12 heteroatoms. The number of fused-ring (bicyclic) bond motifs is 2. The maximum Gasteiger partial charge on any atom is 0.240 e. The number of nitrogens with one attached hydrogen (secondary N) is 1. The van der Waals surface area contributed by atoms with E-state index in [0.717, 1.165) is 5.56 Å². The number of aromatic nitrogens is 6. The maximum atomic E-state index is 13.4. The van der Waals surface area contributed by atoms with E-state index in [2.05, 4.69) is 25.4 Å². The lowest BCUT2D eigenvalue weighted by Gasteiger charge is -2.23. The van der Waals surface area contributed by atoms with Gasteiger partial charge in [0.25, 0.3) is 0 Å². The number of hydrogen-bond acceptors (Lipinski definition) is 8. The number of carbonyl (C=O) groups is 1. The van der Waals surface area contributed by atoms with Gasteiger partial charge in [0, 0.05) is 6.42 Å². The highest BCUT2D eigenvalue weighted by molar-refractivity contribution is 6.32. The van der Waals surface area contributed by atoms with Gasteiger partial charge in [-0.2, -0.15) is 5.10 Å². The van der Waals surface area contributed by atoms with Gasteiger partial charge >= 0.3 is 0 Å². The molecule has 0 unspecified atom stereocenters. The minimum Gasteiger partial charge on any atom is -0.506 e. The van der Waals surface area contributed by atoms with Gasteiger partial charge < -0.3 is 16.2 Å². The number of carbonyl (C=O) groups excluding carboxylic acids is 1. The van der Waals surface area contributed by atoms with Crippen LogP contribution in [-0.2, 0) is 16.6 Å². The largest absolute Gasteiger partial charge is 0.506 e. The molecule has 1 atom stereocenters. The molecule has 10 nitrogen and oxygen atoms in total. The summed E-state index contributed by atoms with van der Waals surface area (Å²) in [5.74, 6) is -0.364. The van der Waals surface area contributed by atoms with Crippen LogP contribution < -0.4 is 11.1 Å². The van der Waals surface area contributed by atoms with Gasteiger partial charge in [-0.05, 0) is 42.3 Å². The van der Waals surface area contributed by atoms with Crippen LogP contribution in [0, 0.1) is 5.82 Å². The maximum absolute atomic E-state index is 13.4. The van der Waals surface area contributed by atoms with Crippen molar-refractivity contribution < 1.29 is 14.3 Å². The minimum absolute atomic E-state index is 0.0795. The van der Waals surface area contributed by atoms with Gasteiger partial charge in [-0.1, -0.05) is 29.8 Å².